The minimum atomic E-state index is -0.992. The number of methoxy groups -OCH3 is 1. The number of carbonyl (C=O) groups excluding carboxylic acids is 1. The van der Waals surface area contributed by atoms with Crippen molar-refractivity contribution >= 4 is 11.9 Å². The van der Waals surface area contributed by atoms with Crippen LogP contribution < -0.4 is 10.1 Å². The Bertz CT molecular complexity index is 678. The van der Waals surface area contributed by atoms with Gasteiger partial charge in [-0.25, -0.2) is 4.79 Å². The Balaban J connectivity index is 1.50. The monoisotopic (exact) mass is 357 g/mol. The molecule has 0 radical (unpaired) electrons. The molecule has 1 atom stereocenters. The number of carboxylic acids is 1. The lowest BCUT2D eigenvalue weighted by Gasteiger charge is -2.55. The second kappa shape index (κ2) is 6.60. The van der Waals surface area contributed by atoms with E-state index in [1.807, 2.05) is 24.3 Å². The molecule has 0 unspecified atom stereocenters. The minimum absolute atomic E-state index is 0.0427. The number of benzene rings is 1. The molecule has 5 heteroatoms. The molecule has 0 spiro atoms. The van der Waals surface area contributed by atoms with E-state index >= 15 is 0 Å². The van der Waals surface area contributed by atoms with Crippen LogP contribution in [0, 0.1) is 23.2 Å². The number of nitrogens with one attached hydrogen (secondary N) is 1. The summed E-state index contributed by atoms with van der Waals surface area (Å²) in [7, 11) is 1.57. The summed E-state index contributed by atoms with van der Waals surface area (Å²) in [4.78, 5) is 25.0. The van der Waals surface area contributed by atoms with E-state index in [0.29, 0.717) is 23.5 Å². The SMILES string of the molecule is COc1ccccc1C[C@@H](NC(=O)C12CC3CC(CC(C3)C1)C2)C(=O)O. The van der Waals surface area contributed by atoms with Gasteiger partial charge in [-0.15, -0.1) is 0 Å². The van der Waals surface area contributed by atoms with Crippen molar-refractivity contribution in [3.63, 3.8) is 0 Å². The van der Waals surface area contributed by atoms with Crippen LogP contribution in [0.25, 0.3) is 0 Å². The highest BCUT2D eigenvalue weighted by atomic mass is 16.5. The lowest BCUT2D eigenvalue weighted by atomic mass is 9.49. The molecule has 1 aromatic rings. The Kier molecular flexibility index (Phi) is 4.41. The summed E-state index contributed by atoms with van der Waals surface area (Å²) in [5.41, 5.74) is 0.469. The van der Waals surface area contributed by atoms with Crippen molar-refractivity contribution in [2.45, 2.75) is 51.0 Å². The van der Waals surface area contributed by atoms with Crippen molar-refractivity contribution in [1.29, 1.82) is 0 Å². The Morgan fingerprint density at radius 3 is 2.27 bits per heavy atom. The van der Waals surface area contributed by atoms with E-state index in [9.17, 15) is 14.7 Å². The van der Waals surface area contributed by atoms with Crippen molar-refractivity contribution in [1.82, 2.24) is 5.32 Å². The van der Waals surface area contributed by atoms with E-state index in [4.69, 9.17) is 4.74 Å². The maximum absolute atomic E-state index is 13.2. The molecule has 4 bridgehead atoms. The predicted octanol–water partition coefficient (Wildman–Crippen LogP) is 3.02. The molecular formula is C21H27NO4. The van der Waals surface area contributed by atoms with Crippen LogP contribution in [0.15, 0.2) is 24.3 Å². The van der Waals surface area contributed by atoms with E-state index in [0.717, 1.165) is 24.8 Å². The second-order valence-electron chi connectivity index (χ2n) is 8.58. The molecule has 0 aliphatic heterocycles. The van der Waals surface area contributed by atoms with Crippen molar-refractivity contribution < 1.29 is 19.4 Å². The van der Waals surface area contributed by atoms with Gasteiger partial charge in [-0.05, 0) is 67.9 Å². The maximum Gasteiger partial charge on any atom is 0.326 e. The van der Waals surface area contributed by atoms with Crippen LogP contribution in [0.2, 0.25) is 0 Å². The summed E-state index contributed by atoms with van der Waals surface area (Å²) < 4.78 is 5.33. The fraction of sp³-hybridized carbons (Fsp3) is 0.619. The van der Waals surface area contributed by atoms with Gasteiger partial charge in [0.05, 0.1) is 7.11 Å². The van der Waals surface area contributed by atoms with Crippen LogP contribution in [-0.4, -0.2) is 30.1 Å². The molecule has 0 aromatic heterocycles. The Morgan fingerprint density at radius 2 is 1.73 bits per heavy atom. The third-order valence-electron chi connectivity index (χ3n) is 6.74. The van der Waals surface area contributed by atoms with E-state index < -0.39 is 12.0 Å². The van der Waals surface area contributed by atoms with E-state index in [1.165, 1.54) is 19.3 Å². The average molecular weight is 357 g/mol. The van der Waals surface area contributed by atoms with Crippen LogP contribution >= 0.6 is 0 Å². The van der Waals surface area contributed by atoms with Gasteiger partial charge in [0.1, 0.15) is 11.8 Å². The normalized spacial score (nSPS) is 32.9. The summed E-state index contributed by atoms with van der Waals surface area (Å²) in [5, 5.41) is 12.6. The van der Waals surface area contributed by atoms with Gasteiger partial charge in [0.15, 0.2) is 0 Å². The van der Waals surface area contributed by atoms with Gasteiger partial charge in [0.25, 0.3) is 0 Å². The van der Waals surface area contributed by atoms with Gasteiger partial charge in [-0.2, -0.15) is 0 Å². The van der Waals surface area contributed by atoms with Gasteiger partial charge in [-0.1, -0.05) is 18.2 Å². The van der Waals surface area contributed by atoms with Gasteiger partial charge in [0.2, 0.25) is 5.91 Å². The quantitative estimate of drug-likeness (QED) is 0.821. The van der Waals surface area contributed by atoms with Gasteiger partial charge in [0, 0.05) is 11.8 Å². The average Bonchev–Trinajstić information content (AvgIpc) is 2.60. The molecule has 0 heterocycles. The Hall–Kier alpha value is -2.04. The molecule has 1 aromatic carbocycles. The van der Waals surface area contributed by atoms with Crippen LogP contribution in [0.4, 0.5) is 0 Å². The third kappa shape index (κ3) is 3.08. The number of hydrogen-bond acceptors (Lipinski definition) is 3. The molecule has 0 saturated heterocycles. The summed E-state index contributed by atoms with van der Waals surface area (Å²) in [6, 6.07) is 6.46. The lowest BCUT2D eigenvalue weighted by Crippen LogP contribution is -2.56. The number of para-hydroxylation sites is 1. The van der Waals surface area contributed by atoms with E-state index in [2.05, 4.69) is 5.32 Å². The van der Waals surface area contributed by atoms with Crippen LogP contribution in [0.1, 0.15) is 44.1 Å². The summed E-state index contributed by atoms with van der Waals surface area (Å²) >= 11 is 0. The highest BCUT2D eigenvalue weighted by molar-refractivity contribution is 5.88. The number of carboxylic acid groups (broad SMARTS) is 1. The van der Waals surface area contributed by atoms with E-state index in [1.54, 1.807) is 7.11 Å². The first-order valence-electron chi connectivity index (χ1n) is 9.65. The van der Waals surface area contributed by atoms with Gasteiger partial charge in [-0.3, -0.25) is 4.79 Å². The molecular weight excluding hydrogens is 330 g/mol. The number of rotatable bonds is 6. The molecule has 140 valence electrons. The zero-order valence-electron chi connectivity index (χ0n) is 15.2. The van der Waals surface area contributed by atoms with Crippen molar-refractivity contribution in [2.75, 3.05) is 7.11 Å². The maximum atomic E-state index is 13.2. The Labute approximate surface area is 154 Å². The predicted molar refractivity (Wildman–Crippen MR) is 96.9 cm³/mol. The molecule has 4 fully saturated rings. The smallest absolute Gasteiger partial charge is 0.326 e. The lowest BCUT2D eigenvalue weighted by molar-refractivity contribution is -0.151. The zero-order chi connectivity index (χ0) is 18.3. The fourth-order valence-corrected chi connectivity index (χ4v) is 5.99. The standard InChI is InChI=1S/C21H27NO4/c1-26-18-5-3-2-4-16(18)9-17(19(23)24)22-20(25)21-10-13-6-14(11-21)8-15(7-13)12-21/h2-5,13-15,17H,6-12H2,1H3,(H,22,25)(H,23,24)/t13?,14?,15?,17-,21?/m1/s1. The number of carbonyl (C=O) groups is 2. The summed E-state index contributed by atoms with van der Waals surface area (Å²) in [6.07, 6.45) is 6.82. The zero-order valence-corrected chi connectivity index (χ0v) is 15.2. The van der Waals surface area contributed by atoms with Crippen molar-refractivity contribution in [3.8, 4) is 5.75 Å². The first-order valence-corrected chi connectivity index (χ1v) is 9.65. The summed E-state index contributed by atoms with van der Waals surface area (Å²) in [6.45, 7) is 0. The number of ether oxygens (including phenoxy) is 1. The minimum Gasteiger partial charge on any atom is -0.496 e. The highest BCUT2D eigenvalue weighted by Crippen LogP contribution is 2.60. The first-order chi connectivity index (χ1) is 12.5. The van der Waals surface area contributed by atoms with Crippen LogP contribution in [0.5, 0.6) is 5.75 Å². The molecule has 4 saturated carbocycles. The summed E-state index contributed by atoms with van der Waals surface area (Å²) in [5.74, 6) is 1.59. The Morgan fingerprint density at radius 1 is 1.15 bits per heavy atom. The highest BCUT2D eigenvalue weighted by Gasteiger charge is 2.54. The molecule has 1 amide bonds. The van der Waals surface area contributed by atoms with Crippen molar-refractivity contribution in [2.24, 2.45) is 23.2 Å². The molecule has 5 rings (SSSR count). The second-order valence-corrected chi connectivity index (χ2v) is 8.58. The number of aliphatic carboxylic acids is 1. The van der Waals surface area contributed by atoms with Crippen LogP contribution in [-0.2, 0) is 16.0 Å². The van der Waals surface area contributed by atoms with Gasteiger partial charge >= 0.3 is 5.97 Å². The molecule has 2 N–H and O–H groups in total. The largest absolute Gasteiger partial charge is 0.496 e. The number of hydrogen-bond donors (Lipinski definition) is 2. The molecule has 26 heavy (non-hydrogen) atoms. The van der Waals surface area contributed by atoms with Gasteiger partial charge < -0.3 is 15.2 Å². The fourth-order valence-electron chi connectivity index (χ4n) is 5.99. The van der Waals surface area contributed by atoms with Crippen molar-refractivity contribution in [3.05, 3.63) is 29.8 Å². The first kappa shape index (κ1) is 17.4. The van der Waals surface area contributed by atoms with E-state index in [-0.39, 0.29) is 17.7 Å². The van der Waals surface area contributed by atoms with Crippen LogP contribution in [0.3, 0.4) is 0 Å². The molecule has 4 aliphatic carbocycles. The topological polar surface area (TPSA) is 75.6 Å². The third-order valence-corrected chi connectivity index (χ3v) is 6.74. The number of amides is 1. The molecule has 5 nitrogen and oxygen atoms in total. The molecule has 4 aliphatic rings.